The van der Waals surface area contributed by atoms with E-state index >= 15 is 0 Å². The van der Waals surface area contributed by atoms with Gasteiger partial charge in [-0.2, -0.15) is 0 Å². The molecule has 0 aromatic rings. The first-order valence-corrected chi connectivity index (χ1v) is 10.6. The molecular weight excluding hydrogens is 340 g/mol. The van der Waals surface area contributed by atoms with Crippen LogP contribution in [0, 0.1) is 35.0 Å². The second-order valence-electron chi connectivity index (χ2n) is 9.80. The Bertz CT molecular complexity index is 722. The van der Waals surface area contributed by atoms with Crippen molar-refractivity contribution in [1.29, 1.82) is 0 Å². The third-order valence-corrected chi connectivity index (χ3v) is 8.67. The summed E-state index contributed by atoms with van der Waals surface area (Å²) in [4.78, 5) is 36.6. The highest BCUT2D eigenvalue weighted by atomic mass is 16.6. The molecule has 148 valence electrons. The van der Waals surface area contributed by atoms with Gasteiger partial charge in [-0.3, -0.25) is 14.4 Å². The smallest absolute Gasteiger partial charge is 0.303 e. The van der Waals surface area contributed by atoms with Crippen molar-refractivity contribution in [3.63, 3.8) is 0 Å². The summed E-state index contributed by atoms with van der Waals surface area (Å²) < 4.78 is 5.82. The molecule has 0 N–H and O–H groups in total. The molecule has 0 saturated heterocycles. The van der Waals surface area contributed by atoms with Gasteiger partial charge < -0.3 is 4.74 Å². The Balaban J connectivity index is 1.69. The van der Waals surface area contributed by atoms with Gasteiger partial charge in [0.05, 0.1) is 0 Å². The van der Waals surface area contributed by atoms with E-state index in [1.165, 1.54) is 12.5 Å². The molecule has 0 spiro atoms. The van der Waals surface area contributed by atoms with E-state index in [4.69, 9.17) is 4.74 Å². The number of rotatable bonds is 2. The number of Topliss-reactive ketones (excluding diaryl/α,β-unsaturated/α-hetero) is 1. The molecule has 0 aromatic heterocycles. The molecule has 4 rings (SSSR count). The fraction of sp³-hybridized carbons (Fsp3) is 0.783. The first-order chi connectivity index (χ1) is 12.7. The van der Waals surface area contributed by atoms with Crippen LogP contribution in [0.5, 0.6) is 0 Å². The summed E-state index contributed by atoms with van der Waals surface area (Å²) in [5, 5.41) is 0. The standard InChI is InChI=1S/C23H32O4/c1-13-11-20-18(17-6-5-16(26)12-19(13)17)7-9-22(4)21(20)8-10-23(22,14(2)24)27-15(3)25/h12-13,17-18,20-21H,5-11H2,1-4H3/t13-,17+,18+,20+,21-,22-,23-/m0/s1. The number of carbonyl (C=O) groups excluding carboxylic acids is 3. The number of hydrogen-bond acceptors (Lipinski definition) is 4. The summed E-state index contributed by atoms with van der Waals surface area (Å²) in [6, 6.07) is 0. The van der Waals surface area contributed by atoms with Gasteiger partial charge in [-0.25, -0.2) is 0 Å². The van der Waals surface area contributed by atoms with E-state index in [1.54, 1.807) is 6.92 Å². The molecule has 4 aliphatic carbocycles. The van der Waals surface area contributed by atoms with Crippen LogP contribution in [0.4, 0.5) is 0 Å². The average Bonchev–Trinajstić information content (AvgIpc) is 2.89. The normalized spacial score (nSPS) is 46.0. The zero-order valence-electron chi connectivity index (χ0n) is 17.0. The fourth-order valence-corrected chi connectivity index (χ4v) is 7.56. The highest BCUT2D eigenvalue weighted by molar-refractivity contribution is 5.91. The van der Waals surface area contributed by atoms with E-state index in [0.29, 0.717) is 48.2 Å². The Morgan fingerprint density at radius 1 is 1.11 bits per heavy atom. The van der Waals surface area contributed by atoms with Crippen molar-refractivity contribution in [3.05, 3.63) is 11.6 Å². The molecule has 27 heavy (non-hydrogen) atoms. The van der Waals surface area contributed by atoms with Crippen LogP contribution in [-0.4, -0.2) is 23.1 Å². The molecule has 4 aliphatic rings. The number of fused-ring (bicyclic) bond motifs is 5. The van der Waals surface area contributed by atoms with Crippen LogP contribution < -0.4 is 0 Å². The molecule has 0 unspecified atom stereocenters. The van der Waals surface area contributed by atoms with Crippen molar-refractivity contribution in [2.75, 3.05) is 0 Å². The van der Waals surface area contributed by atoms with E-state index in [0.717, 1.165) is 32.1 Å². The predicted octanol–water partition coefficient (Wildman–Crippen LogP) is 4.27. The van der Waals surface area contributed by atoms with Gasteiger partial charge in [-0.1, -0.05) is 19.4 Å². The molecule has 0 heterocycles. The lowest BCUT2D eigenvalue weighted by atomic mass is 9.49. The summed E-state index contributed by atoms with van der Waals surface area (Å²) >= 11 is 0. The molecule has 0 aromatic carbocycles. The van der Waals surface area contributed by atoms with Crippen LogP contribution >= 0.6 is 0 Å². The molecule has 3 saturated carbocycles. The predicted molar refractivity (Wildman–Crippen MR) is 102 cm³/mol. The number of allylic oxidation sites excluding steroid dienone is 1. The van der Waals surface area contributed by atoms with Crippen molar-refractivity contribution in [2.45, 2.75) is 78.2 Å². The van der Waals surface area contributed by atoms with Crippen molar-refractivity contribution < 1.29 is 19.1 Å². The number of ether oxygens (including phenoxy) is 1. The molecule has 0 aliphatic heterocycles. The second-order valence-corrected chi connectivity index (χ2v) is 9.80. The Labute approximate surface area is 162 Å². The first kappa shape index (κ1) is 18.9. The summed E-state index contributed by atoms with van der Waals surface area (Å²) in [5.41, 5.74) is 0.167. The lowest BCUT2D eigenvalue weighted by Crippen LogP contribution is -2.57. The van der Waals surface area contributed by atoms with Gasteiger partial charge in [0.1, 0.15) is 0 Å². The first-order valence-electron chi connectivity index (χ1n) is 10.6. The summed E-state index contributed by atoms with van der Waals surface area (Å²) in [6.07, 6.45) is 8.31. The van der Waals surface area contributed by atoms with Crippen LogP contribution in [0.1, 0.15) is 72.6 Å². The Kier molecular flexibility index (Phi) is 4.40. The molecular formula is C23H32O4. The largest absolute Gasteiger partial charge is 0.451 e. The molecule has 0 bridgehead atoms. The lowest BCUT2D eigenvalue weighted by molar-refractivity contribution is -0.186. The summed E-state index contributed by atoms with van der Waals surface area (Å²) in [6.45, 7) is 7.48. The molecule has 7 atom stereocenters. The maximum atomic E-state index is 12.7. The maximum absolute atomic E-state index is 12.7. The van der Waals surface area contributed by atoms with E-state index in [2.05, 4.69) is 13.8 Å². The maximum Gasteiger partial charge on any atom is 0.303 e. The second kappa shape index (κ2) is 6.28. The topological polar surface area (TPSA) is 60.4 Å². The van der Waals surface area contributed by atoms with Crippen molar-refractivity contribution in [1.82, 2.24) is 0 Å². The number of carbonyl (C=O) groups is 3. The average molecular weight is 373 g/mol. The molecule has 3 fully saturated rings. The van der Waals surface area contributed by atoms with Crippen LogP contribution in [0.25, 0.3) is 0 Å². The number of esters is 1. The van der Waals surface area contributed by atoms with Gasteiger partial charge in [0.2, 0.25) is 0 Å². The van der Waals surface area contributed by atoms with Crippen LogP contribution in [-0.2, 0) is 19.1 Å². The van der Waals surface area contributed by atoms with Crippen LogP contribution in [0.3, 0.4) is 0 Å². The summed E-state index contributed by atoms with van der Waals surface area (Å²) in [7, 11) is 0. The number of ketones is 2. The molecule has 0 radical (unpaired) electrons. The zero-order chi connectivity index (χ0) is 19.6. The van der Waals surface area contributed by atoms with E-state index in [1.807, 2.05) is 6.08 Å². The van der Waals surface area contributed by atoms with E-state index in [9.17, 15) is 14.4 Å². The highest BCUT2D eigenvalue weighted by Gasteiger charge is 2.67. The van der Waals surface area contributed by atoms with Crippen LogP contribution in [0.2, 0.25) is 0 Å². The van der Waals surface area contributed by atoms with Crippen LogP contribution in [0.15, 0.2) is 11.6 Å². The van der Waals surface area contributed by atoms with E-state index in [-0.39, 0.29) is 17.2 Å². The van der Waals surface area contributed by atoms with Gasteiger partial charge in [0.15, 0.2) is 17.2 Å². The van der Waals surface area contributed by atoms with Crippen molar-refractivity contribution in [3.8, 4) is 0 Å². The minimum absolute atomic E-state index is 0.00820. The summed E-state index contributed by atoms with van der Waals surface area (Å²) in [5.74, 6) is 2.51. The monoisotopic (exact) mass is 372 g/mol. The quantitative estimate of drug-likeness (QED) is 0.679. The minimum atomic E-state index is -0.948. The fourth-order valence-electron chi connectivity index (χ4n) is 7.56. The third-order valence-electron chi connectivity index (χ3n) is 8.67. The van der Waals surface area contributed by atoms with Gasteiger partial charge in [0, 0.05) is 18.8 Å². The Morgan fingerprint density at radius 3 is 2.52 bits per heavy atom. The molecule has 4 nitrogen and oxygen atoms in total. The third kappa shape index (κ3) is 2.58. The number of hydrogen-bond donors (Lipinski definition) is 0. The van der Waals surface area contributed by atoms with Crippen molar-refractivity contribution >= 4 is 17.5 Å². The molecule has 0 amide bonds. The van der Waals surface area contributed by atoms with Gasteiger partial charge in [-0.15, -0.1) is 0 Å². The zero-order valence-corrected chi connectivity index (χ0v) is 17.0. The van der Waals surface area contributed by atoms with Crippen molar-refractivity contribution in [2.24, 2.45) is 35.0 Å². The van der Waals surface area contributed by atoms with Gasteiger partial charge in [0.25, 0.3) is 0 Å². The minimum Gasteiger partial charge on any atom is -0.451 e. The van der Waals surface area contributed by atoms with Gasteiger partial charge >= 0.3 is 5.97 Å². The van der Waals surface area contributed by atoms with E-state index < -0.39 is 5.60 Å². The Hall–Kier alpha value is -1.45. The lowest BCUT2D eigenvalue weighted by Gasteiger charge is -2.56. The SMILES string of the molecule is CC(=O)O[C@]1(C(C)=O)CC[C@H]2[C@@H]3C[C@H](C)C4=CC(=O)CC[C@@H]4[C@H]3CC[C@@]21C. The highest BCUT2D eigenvalue weighted by Crippen LogP contribution is 2.66. The molecule has 4 heteroatoms. The van der Waals surface area contributed by atoms with Gasteiger partial charge in [-0.05, 0) is 81.1 Å². The Morgan fingerprint density at radius 2 is 1.85 bits per heavy atom.